The van der Waals surface area contributed by atoms with Gasteiger partial charge in [0, 0.05) is 11.1 Å². The van der Waals surface area contributed by atoms with Crippen LogP contribution in [0.5, 0.6) is 5.75 Å². The summed E-state index contributed by atoms with van der Waals surface area (Å²) in [6.07, 6.45) is 3.31. The molecule has 1 aliphatic rings. The fourth-order valence-electron chi connectivity index (χ4n) is 2.75. The van der Waals surface area contributed by atoms with Gasteiger partial charge in [0.2, 0.25) is 5.95 Å². The molecule has 98 valence electrons. The number of phenols is 1. The highest BCUT2D eigenvalue weighted by Gasteiger charge is 2.23. The van der Waals surface area contributed by atoms with Gasteiger partial charge in [-0.1, -0.05) is 6.92 Å². The molecule has 0 aliphatic heterocycles. The van der Waals surface area contributed by atoms with E-state index in [2.05, 4.69) is 16.9 Å². The van der Waals surface area contributed by atoms with E-state index in [4.69, 9.17) is 5.73 Å². The first kappa shape index (κ1) is 12.0. The molecule has 0 bridgehead atoms. The number of fused-ring (bicyclic) bond motifs is 1. The number of hydrogen-bond acceptors (Lipinski definition) is 4. The minimum absolute atomic E-state index is 0.257. The molecule has 19 heavy (non-hydrogen) atoms. The Balaban J connectivity index is 2.18. The summed E-state index contributed by atoms with van der Waals surface area (Å²) in [6.45, 7) is 2.19. The van der Waals surface area contributed by atoms with Crippen molar-refractivity contribution in [3.05, 3.63) is 35.5 Å². The lowest BCUT2D eigenvalue weighted by molar-refractivity contribution is 0.475. The van der Waals surface area contributed by atoms with E-state index in [9.17, 15) is 5.11 Å². The monoisotopic (exact) mass is 255 g/mol. The molecule has 4 nitrogen and oxygen atoms in total. The van der Waals surface area contributed by atoms with Gasteiger partial charge < -0.3 is 10.8 Å². The molecule has 1 unspecified atom stereocenters. The Labute approximate surface area is 112 Å². The number of aromatic nitrogens is 2. The van der Waals surface area contributed by atoms with Crippen LogP contribution in [0.25, 0.3) is 11.3 Å². The fourth-order valence-corrected chi connectivity index (χ4v) is 2.75. The Morgan fingerprint density at radius 2 is 1.95 bits per heavy atom. The zero-order chi connectivity index (χ0) is 13.4. The zero-order valence-corrected chi connectivity index (χ0v) is 10.9. The van der Waals surface area contributed by atoms with Crippen LogP contribution in [0.2, 0.25) is 0 Å². The van der Waals surface area contributed by atoms with Crippen molar-refractivity contribution in [3.63, 3.8) is 0 Å². The first-order valence-corrected chi connectivity index (χ1v) is 6.61. The van der Waals surface area contributed by atoms with Crippen molar-refractivity contribution < 1.29 is 5.11 Å². The van der Waals surface area contributed by atoms with Gasteiger partial charge in [0.25, 0.3) is 0 Å². The third-order valence-corrected chi connectivity index (χ3v) is 3.73. The van der Waals surface area contributed by atoms with E-state index in [1.807, 2.05) is 12.1 Å². The molecular formula is C15H17N3O. The summed E-state index contributed by atoms with van der Waals surface area (Å²) in [5.41, 5.74) is 10.0. The van der Waals surface area contributed by atoms with Gasteiger partial charge in [-0.25, -0.2) is 9.97 Å². The van der Waals surface area contributed by atoms with Gasteiger partial charge in [0.1, 0.15) is 5.75 Å². The lowest BCUT2D eigenvalue weighted by Gasteiger charge is -2.23. The Kier molecular flexibility index (Phi) is 2.85. The summed E-state index contributed by atoms with van der Waals surface area (Å²) < 4.78 is 0. The number of nitrogen functional groups attached to an aromatic ring is 1. The molecule has 4 heteroatoms. The third-order valence-electron chi connectivity index (χ3n) is 3.73. The van der Waals surface area contributed by atoms with Crippen molar-refractivity contribution in [1.82, 2.24) is 9.97 Å². The van der Waals surface area contributed by atoms with Crippen LogP contribution in [-0.4, -0.2) is 15.1 Å². The normalized spacial score (nSPS) is 18.1. The van der Waals surface area contributed by atoms with Crippen LogP contribution in [0.4, 0.5) is 5.95 Å². The standard InChI is InChI=1S/C15H17N3O/c1-9-3-2-4-12-13(9)17-15(16)18-14(12)10-5-7-11(19)8-6-10/h5-9,19H,2-4H2,1H3,(H2,16,17,18). The van der Waals surface area contributed by atoms with E-state index >= 15 is 0 Å². The molecule has 3 rings (SSSR count). The number of rotatable bonds is 1. The van der Waals surface area contributed by atoms with Gasteiger partial charge in [-0.2, -0.15) is 0 Å². The maximum atomic E-state index is 9.38. The van der Waals surface area contributed by atoms with E-state index in [0.29, 0.717) is 11.9 Å². The zero-order valence-electron chi connectivity index (χ0n) is 10.9. The average Bonchev–Trinajstić information content (AvgIpc) is 2.40. The topological polar surface area (TPSA) is 72.0 Å². The highest BCUT2D eigenvalue weighted by Crippen LogP contribution is 2.35. The number of nitrogens with two attached hydrogens (primary N) is 1. The molecule has 1 heterocycles. The first-order valence-electron chi connectivity index (χ1n) is 6.61. The number of anilines is 1. The molecule has 0 radical (unpaired) electrons. The number of hydrogen-bond donors (Lipinski definition) is 2. The second-order valence-corrected chi connectivity index (χ2v) is 5.13. The molecule has 1 aromatic carbocycles. The molecule has 1 aromatic heterocycles. The maximum Gasteiger partial charge on any atom is 0.220 e. The molecular weight excluding hydrogens is 238 g/mol. The van der Waals surface area contributed by atoms with Crippen LogP contribution in [0.3, 0.4) is 0 Å². The fraction of sp³-hybridized carbons (Fsp3) is 0.333. The number of phenolic OH excluding ortho intramolecular Hbond substituents is 1. The van der Waals surface area contributed by atoms with E-state index in [1.165, 1.54) is 5.56 Å². The van der Waals surface area contributed by atoms with Crippen LogP contribution in [-0.2, 0) is 6.42 Å². The number of nitrogens with zero attached hydrogens (tertiary/aromatic N) is 2. The van der Waals surface area contributed by atoms with Crippen molar-refractivity contribution in [2.24, 2.45) is 0 Å². The second-order valence-electron chi connectivity index (χ2n) is 5.13. The minimum Gasteiger partial charge on any atom is -0.508 e. The predicted octanol–water partition coefficient (Wildman–Crippen LogP) is 2.87. The van der Waals surface area contributed by atoms with E-state index in [1.54, 1.807) is 12.1 Å². The smallest absolute Gasteiger partial charge is 0.220 e. The van der Waals surface area contributed by atoms with Gasteiger partial charge in [-0.15, -0.1) is 0 Å². The lowest BCUT2D eigenvalue weighted by atomic mass is 9.86. The highest BCUT2D eigenvalue weighted by molar-refractivity contribution is 5.66. The van der Waals surface area contributed by atoms with Gasteiger partial charge in [-0.05, 0) is 49.4 Å². The molecule has 1 aliphatic carbocycles. The third kappa shape index (κ3) is 2.14. The van der Waals surface area contributed by atoms with Crippen LogP contribution in [0.15, 0.2) is 24.3 Å². The van der Waals surface area contributed by atoms with Crippen LogP contribution in [0.1, 0.15) is 36.9 Å². The van der Waals surface area contributed by atoms with Gasteiger partial charge >= 0.3 is 0 Å². The van der Waals surface area contributed by atoms with Crippen molar-refractivity contribution >= 4 is 5.95 Å². The predicted molar refractivity (Wildman–Crippen MR) is 74.9 cm³/mol. The van der Waals surface area contributed by atoms with Crippen molar-refractivity contribution in [2.45, 2.75) is 32.1 Å². The van der Waals surface area contributed by atoms with E-state index < -0.39 is 0 Å². The van der Waals surface area contributed by atoms with Crippen molar-refractivity contribution in [1.29, 1.82) is 0 Å². The molecule has 0 spiro atoms. The quantitative estimate of drug-likeness (QED) is 0.821. The highest BCUT2D eigenvalue weighted by atomic mass is 16.3. The molecule has 1 atom stereocenters. The van der Waals surface area contributed by atoms with Crippen LogP contribution >= 0.6 is 0 Å². The Morgan fingerprint density at radius 1 is 1.21 bits per heavy atom. The first-order chi connectivity index (χ1) is 9.15. The summed E-state index contributed by atoms with van der Waals surface area (Å²) in [7, 11) is 0. The SMILES string of the molecule is CC1CCCc2c(-c3ccc(O)cc3)nc(N)nc21. The van der Waals surface area contributed by atoms with Gasteiger partial charge in [0.05, 0.1) is 11.4 Å². The van der Waals surface area contributed by atoms with Gasteiger partial charge in [-0.3, -0.25) is 0 Å². The van der Waals surface area contributed by atoms with Gasteiger partial charge in [0.15, 0.2) is 0 Å². The summed E-state index contributed by atoms with van der Waals surface area (Å²) in [5, 5.41) is 9.38. The molecule has 0 fully saturated rings. The van der Waals surface area contributed by atoms with Crippen molar-refractivity contribution in [2.75, 3.05) is 5.73 Å². The Bertz CT molecular complexity index is 608. The molecule has 3 N–H and O–H groups in total. The molecule has 0 saturated heterocycles. The maximum absolute atomic E-state index is 9.38. The number of benzene rings is 1. The number of aromatic hydroxyl groups is 1. The van der Waals surface area contributed by atoms with E-state index in [0.717, 1.165) is 36.2 Å². The molecule has 0 amide bonds. The summed E-state index contributed by atoms with van der Waals surface area (Å²) in [6, 6.07) is 7.09. The van der Waals surface area contributed by atoms with Crippen molar-refractivity contribution in [3.8, 4) is 17.0 Å². The summed E-state index contributed by atoms with van der Waals surface area (Å²) >= 11 is 0. The molecule has 2 aromatic rings. The van der Waals surface area contributed by atoms with Crippen LogP contribution < -0.4 is 5.73 Å². The van der Waals surface area contributed by atoms with E-state index in [-0.39, 0.29) is 5.75 Å². The summed E-state index contributed by atoms with van der Waals surface area (Å²) in [5.74, 6) is 1.02. The Morgan fingerprint density at radius 3 is 2.68 bits per heavy atom. The van der Waals surface area contributed by atoms with Crippen LogP contribution in [0, 0.1) is 0 Å². The second kappa shape index (κ2) is 4.53. The summed E-state index contributed by atoms with van der Waals surface area (Å²) in [4.78, 5) is 8.82. The average molecular weight is 255 g/mol. The minimum atomic E-state index is 0.257. The largest absolute Gasteiger partial charge is 0.508 e. The molecule has 0 saturated carbocycles. The lowest BCUT2D eigenvalue weighted by Crippen LogP contribution is -2.14. The Hall–Kier alpha value is -2.10.